The van der Waals surface area contributed by atoms with Crippen molar-refractivity contribution in [1.82, 2.24) is 9.55 Å². The Bertz CT molecular complexity index is 811. The van der Waals surface area contributed by atoms with E-state index in [2.05, 4.69) is 4.98 Å². The summed E-state index contributed by atoms with van der Waals surface area (Å²) in [4.78, 5) is 4.55. The fourth-order valence-electron chi connectivity index (χ4n) is 2.39. The summed E-state index contributed by atoms with van der Waals surface area (Å²) >= 11 is 11.8. The first-order valence-corrected chi connectivity index (χ1v) is 7.45. The second-order valence-electron chi connectivity index (χ2n) is 4.99. The molecule has 21 heavy (non-hydrogen) atoms. The molecule has 5 heteroatoms. The monoisotopic (exact) mass is 322 g/mol. The molecular weight excluding hydrogens is 310 g/mol. The molecule has 0 bridgehead atoms. The molecule has 0 atom stereocenters. The molecule has 0 fully saturated rings. The Kier molecular flexibility index (Phi) is 3.87. The van der Waals surface area contributed by atoms with Crippen LogP contribution in [0.15, 0.2) is 36.4 Å². The zero-order valence-electron chi connectivity index (χ0n) is 11.4. The molecule has 0 saturated heterocycles. The molecule has 0 unspecified atom stereocenters. The minimum absolute atomic E-state index is 0.125. The SMILES string of the molecule is Cc1ccc2c(c1)nc(CCl)n2Cc1ccc(F)c(Cl)c1. The van der Waals surface area contributed by atoms with Gasteiger partial charge in [-0.2, -0.15) is 0 Å². The van der Waals surface area contributed by atoms with Gasteiger partial charge in [0.15, 0.2) is 0 Å². The van der Waals surface area contributed by atoms with E-state index in [-0.39, 0.29) is 5.02 Å². The van der Waals surface area contributed by atoms with Crippen molar-refractivity contribution in [2.75, 3.05) is 0 Å². The smallest absolute Gasteiger partial charge is 0.141 e. The molecule has 108 valence electrons. The van der Waals surface area contributed by atoms with Gasteiger partial charge in [0.1, 0.15) is 11.6 Å². The molecule has 3 rings (SSSR count). The first kappa shape index (κ1) is 14.4. The number of imidazole rings is 1. The Balaban J connectivity index is 2.08. The summed E-state index contributed by atoms with van der Waals surface area (Å²) in [6.45, 7) is 2.58. The summed E-state index contributed by atoms with van der Waals surface area (Å²) in [5.41, 5.74) is 3.99. The lowest BCUT2D eigenvalue weighted by molar-refractivity contribution is 0.626. The van der Waals surface area contributed by atoms with Crippen molar-refractivity contribution < 1.29 is 4.39 Å². The fourth-order valence-corrected chi connectivity index (χ4v) is 2.80. The molecule has 0 saturated carbocycles. The van der Waals surface area contributed by atoms with E-state index in [1.807, 2.05) is 29.7 Å². The summed E-state index contributed by atoms with van der Waals surface area (Å²) in [7, 11) is 0. The Morgan fingerprint density at radius 2 is 2.00 bits per heavy atom. The van der Waals surface area contributed by atoms with Crippen LogP contribution in [0.4, 0.5) is 4.39 Å². The Morgan fingerprint density at radius 3 is 2.71 bits per heavy atom. The van der Waals surface area contributed by atoms with E-state index >= 15 is 0 Å². The molecule has 2 nitrogen and oxygen atoms in total. The van der Waals surface area contributed by atoms with Gasteiger partial charge in [0.05, 0.1) is 21.9 Å². The molecule has 0 aliphatic heterocycles. The van der Waals surface area contributed by atoms with Crippen LogP contribution in [0, 0.1) is 12.7 Å². The molecule has 0 N–H and O–H groups in total. The Hall–Kier alpha value is -1.58. The number of halogens is 3. The van der Waals surface area contributed by atoms with Crippen LogP contribution in [0.25, 0.3) is 11.0 Å². The molecule has 1 aromatic heterocycles. The Labute approximate surface area is 132 Å². The van der Waals surface area contributed by atoms with E-state index in [0.29, 0.717) is 12.4 Å². The standard InChI is InChI=1S/C16H13Cl2FN2/c1-10-2-5-15-14(6-10)20-16(8-17)21(15)9-11-3-4-13(19)12(18)7-11/h2-7H,8-9H2,1H3. The van der Waals surface area contributed by atoms with Crippen LogP contribution in [0.5, 0.6) is 0 Å². The maximum Gasteiger partial charge on any atom is 0.141 e. The van der Waals surface area contributed by atoms with E-state index in [1.54, 1.807) is 12.1 Å². The van der Waals surface area contributed by atoms with Crippen LogP contribution in [0.3, 0.4) is 0 Å². The highest BCUT2D eigenvalue weighted by Gasteiger charge is 2.11. The lowest BCUT2D eigenvalue weighted by Crippen LogP contribution is -2.04. The van der Waals surface area contributed by atoms with E-state index in [4.69, 9.17) is 23.2 Å². The van der Waals surface area contributed by atoms with Gasteiger partial charge in [-0.05, 0) is 42.3 Å². The number of alkyl halides is 1. The molecule has 1 heterocycles. The van der Waals surface area contributed by atoms with Crippen molar-refractivity contribution >= 4 is 34.2 Å². The summed E-state index contributed by atoms with van der Waals surface area (Å²) < 4.78 is 15.3. The van der Waals surface area contributed by atoms with E-state index < -0.39 is 5.82 Å². The number of benzene rings is 2. The molecule has 0 radical (unpaired) electrons. The normalized spacial score (nSPS) is 11.2. The van der Waals surface area contributed by atoms with Gasteiger partial charge in [0.25, 0.3) is 0 Å². The quantitative estimate of drug-likeness (QED) is 0.625. The number of aryl methyl sites for hydroxylation is 1. The largest absolute Gasteiger partial charge is 0.322 e. The number of hydrogen-bond acceptors (Lipinski definition) is 1. The van der Waals surface area contributed by atoms with Crippen LogP contribution >= 0.6 is 23.2 Å². The van der Waals surface area contributed by atoms with Crippen LogP contribution in [-0.4, -0.2) is 9.55 Å². The van der Waals surface area contributed by atoms with Gasteiger partial charge in [0.2, 0.25) is 0 Å². The van der Waals surface area contributed by atoms with E-state index in [9.17, 15) is 4.39 Å². The molecule has 0 spiro atoms. The van der Waals surface area contributed by atoms with Crippen LogP contribution in [0.1, 0.15) is 17.0 Å². The van der Waals surface area contributed by atoms with E-state index in [1.165, 1.54) is 6.07 Å². The first-order chi connectivity index (χ1) is 10.1. The third kappa shape index (κ3) is 2.76. The lowest BCUT2D eigenvalue weighted by atomic mass is 10.2. The predicted octanol–water partition coefficient (Wildman–Crippen LogP) is 4.92. The molecular formula is C16H13Cl2FN2. The van der Waals surface area contributed by atoms with Crippen molar-refractivity contribution in [3.8, 4) is 0 Å². The van der Waals surface area contributed by atoms with Gasteiger partial charge in [-0.3, -0.25) is 0 Å². The second-order valence-corrected chi connectivity index (χ2v) is 5.66. The van der Waals surface area contributed by atoms with Gasteiger partial charge in [-0.1, -0.05) is 23.7 Å². The predicted molar refractivity (Wildman–Crippen MR) is 84.5 cm³/mol. The van der Waals surface area contributed by atoms with Crippen molar-refractivity contribution in [1.29, 1.82) is 0 Å². The minimum atomic E-state index is -0.413. The molecule has 0 aliphatic rings. The fraction of sp³-hybridized carbons (Fsp3) is 0.188. The summed E-state index contributed by atoms with van der Waals surface area (Å²) in [5.74, 6) is 0.699. The maximum absolute atomic E-state index is 13.2. The highest BCUT2D eigenvalue weighted by molar-refractivity contribution is 6.30. The van der Waals surface area contributed by atoms with Crippen LogP contribution in [0.2, 0.25) is 5.02 Å². The van der Waals surface area contributed by atoms with Crippen LogP contribution < -0.4 is 0 Å². The minimum Gasteiger partial charge on any atom is -0.322 e. The third-order valence-electron chi connectivity index (χ3n) is 3.43. The van der Waals surface area contributed by atoms with Crippen LogP contribution in [-0.2, 0) is 12.4 Å². The molecule has 2 aromatic carbocycles. The Morgan fingerprint density at radius 1 is 1.19 bits per heavy atom. The topological polar surface area (TPSA) is 17.8 Å². The lowest BCUT2D eigenvalue weighted by Gasteiger charge is -2.09. The number of hydrogen-bond donors (Lipinski definition) is 0. The third-order valence-corrected chi connectivity index (χ3v) is 3.96. The molecule has 0 amide bonds. The second kappa shape index (κ2) is 5.66. The van der Waals surface area contributed by atoms with Crippen molar-refractivity contribution in [2.45, 2.75) is 19.3 Å². The van der Waals surface area contributed by atoms with Gasteiger partial charge < -0.3 is 4.57 Å². The number of nitrogens with zero attached hydrogens (tertiary/aromatic N) is 2. The average molecular weight is 323 g/mol. The highest BCUT2D eigenvalue weighted by Crippen LogP contribution is 2.22. The van der Waals surface area contributed by atoms with E-state index in [0.717, 1.165) is 28.0 Å². The van der Waals surface area contributed by atoms with Gasteiger partial charge in [0, 0.05) is 6.54 Å². The highest BCUT2D eigenvalue weighted by atomic mass is 35.5. The van der Waals surface area contributed by atoms with Gasteiger partial charge in [-0.15, -0.1) is 11.6 Å². The zero-order valence-corrected chi connectivity index (χ0v) is 12.9. The van der Waals surface area contributed by atoms with Crippen molar-refractivity contribution in [3.05, 3.63) is 64.2 Å². The summed E-state index contributed by atoms with van der Waals surface area (Å²) in [6, 6.07) is 10.8. The number of fused-ring (bicyclic) bond motifs is 1. The number of aromatic nitrogens is 2. The summed E-state index contributed by atoms with van der Waals surface area (Å²) in [6.07, 6.45) is 0. The van der Waals surface area contributed by atoms with Crippen molar-refractivity contribution in [2.24, 2.45) is 0 Å². The van der Waals surface area contributed by atoms with Gasteiger partial charge in [-0.25, -0.2) is 9.37 Å². The number of rotatable bonds is 3. The van der Waals surface area contributed by atoms with Crippen molar-refractivity contribution in [3.63, 3.8) is 0 Å². The molecule has 3 aromatic rings. The average Bonchev–Trinajstić information content (AvgIpc) is 2.80. The summed E-state index contributed by atoms with van der Waals surface area (Å²) in [5, 5.41) is 0.125. The maximum atomic E-state index is 13.2. The first-order valence-electron chi connectivity index (χ1n) is 6.54. The molecule has 0 aliphatic carbocycles. The van der Waals surface area contributed by atoms with Gasteiger partial charge >= 0.3 is 0 Å². The zero-order chi connectivity index (χ0) is 15.0.